The first-order chi connectivity index (χ1) is 21.8. The van der Waals surface area contributed by atoms with E-state index < -0.39 is 0 Å². The largest absolute Gasteiger partial charge is 0.256 e. The van der Waals surface area contributed by atoms with Gasteiger partial charge in [0.25, 0.3) is 5.82 Å². The molecule has 0 radical (unpaired) electrons. The maximum absolute atomic E-state index is 2.58. The molecule has 260 valence electrons. The van der Waals surface area contributed by atoms with Gasteiger partial charge in [0, 0.05) is 6.42 Å². The lowest BCUT2D eigenvalue weighted by atomic mass is 10.0. The van der Waals surface area contributed by atoms with Crippen molar-refractivity contribution in [2.24, 2.45) is 0 Å². The second-order valence-electron chi connectivity index (χ2n) is 14.4. The highest BCUT2D eigenvalue weighted by Crippen LogP contribution is 2.16. The van der Waals surface area contributed by atoms with Gasteiger partial charge in [0.2, 0.25) is 0 Å². The zero-order valence-electron chi connectivity index (χ0n) is 31.0. The van der Waals surface area contributed by atoms with Crippen LogP contribution in [0.5, 0.6) is 0 Å². The Hall–Kier alpha value is -0.790. The summed E-state index contributed by atoms with van der Waals surface area (Å²) < 4.78 is 5.08. The topological polar surface area (TPSA) is 8.81 Å². The number of nitrogens with zero attached hydrogens (tertiary/aromatic N) is 2. The SMILES string of the molecule is CCCCCCCCCCCCCCCCCCC[n+]1ccn(CC)c1CCCCCCCCCCCCCCCCCC. The molecule has 0 aliphatic rings. The highest BCUT2D eigenvalue weighted by atomic mass is 15.1. The molecule has 0 bridgehead atoms. The molecule has 0 N–H and O–H groups in total. The van der Waals surface area contributed by atoms with Gasteiger partial charge in [0.1, 0.15) is 12.4 Å². The van der Waals surface area contributed by atoms with Gasteiger partial charge in [-0.2, -0.15) is 0 Å². The standard InChI is InChI=1S/C42H83N2/c1-4-7-9-11-13-15-17-19-21-23-25-27-29-31-33-35-37-39-44-41-40-43(6-3)42(44)38-36-34-32-30-28-26-24-22-20-18-16-14-12-10-8-5-2/h40-41H,4-39H2,1-3H3/q+1. The normalized spacial score (nSPS) is 11.6. The van der Waals surface area contributed by atoms with E-state index in [0.29, 0.717) is 0 Å². The van der Waals surface area contributed by atoms with Gasteiger partial charge in [-0.25, -0.2) is 9.13 Å². The van der Waals surface area contributed by atoms with E-state index in [1.807, 2.05) is 0 Å². The van der Waals surface area contributed by atoms with Crippen LogP contribution in [-0.4, -0.2) is 4.57 Å². The monoisotopic (exact) mass is 616 g/mol. The predicted molar refractivity (Wildman–Crippen MR) is 198 cm³/mol. The molecule has 0 aromatic carbocycles. The Bertz CT molecular complexity index is 677. The zero-order valence-corrected chi connectivity index (χ0v) is 31.0. The van der Waals surface area contributed by atoms with Crippen LogP contribution in [0.25, 0.3) is 0 Å². The number of rotatable bonds is 36. The van der Waals surface area contributed by atoms with Gasteiger partial charge >= 0.3 is 0 Å². The fourth-order valence-electron chi connectivity index (χ4n) is 7.11. The molecule has 2 nitrogen and oxygen atoms in total. The number of aryl methyl sites for hydroxylation is 2. The molecule has 0 atom stereocenters. The highest BCUT2D eigenvalue weighted by molar-refractivity contribution is 4.84. The maximum atomic E-state index is 2.58. The fraction of sp³-hybridized carbons (Fsp3) is 0.929. The van der Waals surface area contributed by atoms with Crippen LogP contribution < -0.4 is 4.57 Å². The Balaban J connectivity index is 1.93. The van der Waals surface area contributed by atoms with E-state index in [-0.39, 0.29) is 0 Å². The minimum absolute atomic E-state index is 1.11. The van der Waals surface area contributed by atoms with Crippen LogP contribution in [0.3, 0.4) is 0 Å². The highest BCUT2D eigenvalue weighted by Gasteiger charge is 2.15. The van der Waals surface area contributed by atoms with Crippen LogP contribution in [0.2, 0.25) is 0 Å². The third kappa shape index (κ3) is 25.4. The third-order valence-electron chi connectivity index (χ3n) is 10.2. The van der Waals surface area contributed by atoms with Gasteiger partial charge in [-0.3, -0.25) is 0 Å². The van der Waals surface area contributed by atoms with Gasteiger partial charge in [-0.15, -0.1) is 0 Å². The van der Waals surface area contributed by atoms with Crippen molar-refractivity contribution in [2.75, 3.05) is 0 Å². The minimum atomic E-state index is 1.11. The van der Waals surface area contributed by atoms with Crippen molar-refractivity contribution in [1.82, 2.24) is 4.57 Å². The first kappa shape index (κ1) is 41.2. The lowest BCUT2D eigenvalue weighted by molar-refractivity contribution is -0.704. The molecule has 0 amide bonds. The van der Waals surface area contributed by atoms with Crippen LogP contribution in [0.1, 0.15) is 238 Å². The van der Waals surface area contributed by atoms with Gasteiger partial charge in [0.15, 0.2) is 0 Å². The van der Waals surface area contributed by atoms with Gasteiger partial charge < -0.3 is 0 Å². The number of hydrogen-bond acceptors (Lipinski definition) is 0. The Morgan fingerprint density at radius 1 is 0.386 bits per heavy atom. The fourth-order valence-corrected chi connectivity index (χ4v) is 7.11. The maximum Gasteiger partial charge on any atom is 0.256 e. The van der Waals surface area contributed by atoms with E-state index in [1.54, 1.807) is 5.82 Å². The van der Waals surface area contributed by atoms with E-state index in [0.717, 1.165) is 6.54 Å². The Morgan fingerprint density at radius 3 is 1.00 bits per heavy atom. The van der Waals surface area contributed by atoms with Crippen molar-refractivity contribution in [3.63, 3.8) is 0 Å². The van der Waals surface area contributed by atoms with E-state index in [1.165, 1.54) is 225 Å². The van der Waals surface area contributed by atoms with Crippen molar-refractivity contribution >= 4 is 0 Å². The summed E-state index contributed by atoms with van der Waals surface area (Å²) in [6, 6.07) is 0. The summed E-state index contributed by atoms with van der Waals surface area (Å²) in [5.41, 5.74) is 0. The van der Waals surface area contributed by atoms with Crippen LogP contribution in [0.4, 0.5) is 0 Å². The molecule has 1 aromatic rings. The second-order valence-corrected chi connectivity index (χ2v) is 14.4. The van der Waals surface area contributed by atoms with Gasteiger partial charge in [0.05, 0.1) is 13.1 Å². The number of hydrogen-bond donors (Lipinski definition) is 0. The quantitative estimate of drug-likeness (QED) is 0.0524. The lowest BCUT2D eigenvalue weighted by Gasteiger charge is -2.06. The first-order valence-corrected chi connectivity index (χ1v) is 20.9. The Kier molecular flexibility index (Phi) is 31.5. The van der Waals surface area contributed by atoms with Crippen molar-refractivity contribution in [2.45, 2.75) is 252 Å². The number of aromatic nitrogens is 2. The van der Waals surface area contributed by atoms with E-state index in [4.69, 9.17) is 0 Å². The Morgan fingerprint density at radius 2 is 0.682 bits per heavy atom. The van der Waals surface area contributed by atoms with Crippen LogP contribution in [-0.2, 0) is 19.5 Å². The Labute approximate surface area is 279 Å². The summed E-state index contributed by atoms with van der Waals surface area (Å²) in [4.78, 5) is 0. The summed E-state index contributed by atoms with van der Waals surface area (Å²) >= 11 is 0. The van der Waals surface area contributed by atoms with Crippen molar-refractivity contribution in [1.29, 1.82) is 0 Å². The van der Waals surface area contributed by atoms with Crippen molar-refractivity contribution < 1.29 is 4.57 Å². The molecule has 1 heterocycles. The van der Waals surface area contributed by atoms with Crippen LogP contribution in [0.15, 0.2) is 12.4 Å². The molecule has 1 rings (SSSR count). The zero-order chi connectivity index (χ0) is 31.6. The van der Waals surface area contributed by atoms with Crippen LogP contribution >= 0.6 is 0 Å². The second kappa shape index (κ2) is 33.6. The first-order valence-electron chi connectivity index (χ1n) is 20.9. The predicted octanol–water partition coefficient (Wildman–Crippen LogP) is 14.3. The minimum Gasteiger partial charge on any atom is -0.235 e. The molecular formula is C42H83N2+. The number of unbranched alkanes of at least 4 members (excludes halogenated alkanes) is 31. The summed E-state index contributed by atoms with van der Waals surface area (Å²) in [5, 5.41) is 0. The summed E-state index contributed by atoms with van der Waals surface area (Å²) in [7, 11) is 0. The molecule has 0 aliphatic carbocycles. The average molecular weight is 616 g/mol. The molecule has 0 saturated carbocycles. The molecule has 0 unspecified atom stereocenters. The summed E-state index contributed by atoms with van der Waals surface area (Å²) in [5.74, 6) is 1.58. The van der Waals surface area contributed by atoms with Gasteiger partial charge in [-0.05, 0) is 26.2 Å². The molecular weight excluding hydrogens is 532 g/mol. The lowest BCUT2D eigenvalue weighted by Crippen LogP contribution is -2.37. The van der Waals surface area contributed by atoms with Crippen molar-refractivity contribution in [3.8, 4) is 0 Å². The van der Waals surface area contributed by atoms with Crippen molar-refractivity contribution in [3.05, 3.63) is 18.2 Å². The summed E-state index contributed by atoms with van der Waals surface area (Å²) in [6.45, 7) is 9.25. The van der Waals surface area contributed by atoms with Gasteiger partial charge in [-0.1, -0.05) is 206 Å². The smallest absolute Gasteiger partial charge is 0.235 e. The third-order valence-corrected chi connectivity index (χ3v) is 10.2. The molecule has 0 spiro atoms. The number of imidazole rings is 1. The van der Waals surface area contributed by atoms with E-state index in [2.05, 4.69) is 42.3 Å². The average Bonchev–Trinajstić information content (AvgIpc) is 3.43. The van der Waals surface area contributed by atoms with E-state index in [9.17, 15) is 0 Å². The molecule has 0 aliphatic heterocycles. The molecule has 2 heteroatoms. The molecule has 44 heavy (non-hydrogen) atoms. The van der Waals surface area contributed by atoms with Crippen LogP contribution in [0, 0.1) is 0 Å². The van der Waals surface area contributed by atoms with E-state index >= 15 is 0 Å². The summed E-state index contributed by atoms with van der Waals surface area (Å²) in [6.07, 6.45) is 53.8. The molecule has 1 aromatic heterocycles. The molecule has 0 saturated heterocycles. The molecule has 0 fully saturated rings.